The average molecular weight is 440 g/mol. The molecular weight excluding hydrogens is 407 g/mol. The molecule has 1 heterocycles. The number of hydrogen-bond donors (Lipinski definition) is 3. The average Bonchev–Trinajstić information content (AvgIpc) is 2.48. The first-order chi connectivity index (χ1) is 10.6. The number of ether oxygens (including phenoxy) is 1. The summed E-state index contributed by atoms with van der Waals surface area (Å²) in [4.78, 5) is 15.8. The maximum absolute atomic E-state index is 11.2. The maximum Gasteiger partial charge on any atom is 0.220 e. The standard InChI is InChI=1S/C16H32N4O2.HI/c1-5-17-16(20-13-7-8-15(21)19-11-13)18-10-9-14(12(3)4)22-6-2;/h12-14H,5-11H2,1-4H3,(H,19,21)(H2,17,18,20);1H. The number of nitrogens with zero attached hydrogens (tertiary/aromatic N) is 1. The minimum Gasteiger partial charge on any atom is -0.378 e. The van der Waals surface area contributed by atoms with Crippen molar-refractivity contribution in [2.75, 3.05) is 26.2 Å². The topological polar surface area (TPSA) is 74.8 Å². The number of guanidine groups is 1. The first-order valence-corrected chi connectivity index (χ1v) is 8.49. The Morgan fingerprint density at radius 3 is 2.70 bits per heavy atom. The van der Waals surface area contributed by atoms with Gasteiger partial charge in [0.05, 0.1) is 6.10 Å². The summed E-state index contributed by atoms with van der Waals surface area (Å²) in [6.07, 6.45) is 2.61. The first kappa shape index (κ1) is 22.4. The molecule has 6 nitrogen and oxygen atoms in total. The van der Waals surface area contributed by atoms with E-state index in [4.69, 9.17) is 4.74 Å². The van der Waals surface area contributed by atoms with Gasteiger partial charge < -0.3 is 20.7 Å². The van der Waals surface area contributed by atoms with Crippen LogP contribution in [0.15, 0.2) is 4.99 Å². The van der Waals surface area contributed by atoms with Gasteiger partial charge in [0.15, 0.2) is 5.96 Å². The van der Waals surface area contributed by atoms with Crippen LogP contribution in [0, 0.1) is 5.92 Å². The molecule has 1 amide bonds. The van der Waals surface area contributed by atoms with Crippen LogP contribution in [0.3, 0.4) is 0 Å². The van der Waals surface area contributed by atoms with Gasteiger partial charge in [-0.25, -0.2) is 0 Å². The van der Waals surface area contributed by atoms with E-state index in [0.29, 0.717) is 18.9 Å². The molecule has 2 unspecified atom stereocenters. The third kappa shape index (κ3) is 9.34. The summed E-state index contributed by atoms with van der Waals surface area (Å²) in [5.74, 6) is 1.46. The van der Waals surface area contributed by atoms with Crippen LogP contribution < -0.4 is 16.0 Å². The van der Waals surface area contributed by atoms with Crippen molar-refractivity contribution >= 4 is 35.8 Å². The van der Waals surface area contributed by atoms with E-state index in [1.165, 1.54) is 0 Å². The fourth-order valence-electron chi connectivity index (χ4n) is 2.50. The fourth-order valence-corrected chi connectivity index (χ4v) is 2.50. The van der Waals surface area contributed by atoms with Gasteiger partial charge >= 0.3 is 0 Å². The lowest BCUT2D eigenvalue weighted by atomic mass is 10.0. The molecule has 0 saturated carbocycles. The lowest BCUT2D eigenvalue weighted by Gasteiger charge is -2.25. The molecule has 1 saturated heterocycles. The van der Waals surface area contributed by atoms with E-state index in [-0.39, 0.29) is 42.0 Å². The number of rotatable bonds is 8. The molecule has 2 atom stereocenters. The molecule has 136 valence electrons. The zero-order valence-corrected chi connectivity index (χ0v) is 17.2. The molecule has 0 aromatic carbocycles. The lowest BCUT2D eigenvalue weighted by molar-refractivity contribution is -0.122. The predicted molar refractivity (Wildman–Crippen MR) is 105 cm³/mol. The van der Waals surface area contributed by atoms with Gasteiger partial charge in [0.1, 0.15) is 0 Å². The monoisotopic (exact) mass is 440 g/mol. The Morgan fingerprint density at radius 1 is 1.43 bits per heavy atom. The first-order valence-electron chi connectivity index (χ1n) is 8.49. The highest BCUT2D eigenvalue weighted by Crippen LogP contribution is 2.10. The SMILES string of the molecule is CCNC(=NCCC(OCC)C(C)C)NC1CCC(=O)NC1.I. The molecule has 0 aromatic heterocycles. The highest BCUT2D eigenvalue weighted by Gasteiger charge is 2.18. The number of carbonyl (C=O) groups is 1. The normalized spacial score (nSPS) is 19.8. The van der Waals surface area contributed by atoms with Crippen molar-refractivity contribution in [3.05, 3.63) is 0 Å². The third-order valence-corrected chi connectivity index (χ3v) is 3.76. The van der Waals surface area contributed by atoms with E-state index in [9.17, 15) is 4.79 Å². The second-order valence-corrected chi connectivity index (χ2v) is 5.97. The van der Waals surface area contributed by atoms with E-state index < -0.39 is 0 Å². The van der Waals surface area contributed by atoms with Crippen LogP contribution in [0.1, 0.15) is 47.0 Å². The van der Waals surface area contributed by atoms with E-state index in [0.717, 1.165) is 38.5 Å². The summed E-state index contributed by atoms with van der Waals surface area (Å²) in [5.41, 5.74) is 0. The largest absolute Gasteiger partial charge is 0.378 e. The number of aliphatic imine (C=N–C) groups is 1. The summed E-state index contributed by atoms with van der Waals surface area (Å²) in [5, 5.41) is 9.54. The number of nitrogens with one attached hydrogen (secondary N) is 3. The third-order valence-electron chi connectivity index (χ3n) is 3.76. The molecule has 0 spiro atoms. The molecule has 0 radical (unpaired) electrons. The summed E-state index contributed by atoms with van der Waals surface area (Å²) >= 11 is 0. The number of piperidine rings is 1. The van der Waals surface area contributed by atoms with E-state index in [1.54, 1.807) is 0 Å². The Balaban J connectivity index is 0.00000484. The molecular formula is C16H33IN4O2. The van der Waals surface area contributed by atoms with Crippen molar-refractivity contribution in [2.45, 2.75) is 59.1 Å². The molecule has 3 N–H and O–H groups in total. The van der Waals surface area contributed by atoms with Gasteiger partial charge in [-0.2, -0.15) is 0 Å². The quantitative estimate of drug-likeness (QED) is 0.306. The summed E-state index contributed by atoms with van der Waals surface area (Å²) in [6.45, 7) is 11.4. The van der Waals surface area contributed by atoms with Crippen molar-refractivity contribution in [2.24, 2.45) is 10.9 Å². The molecule has 0 bridgehead atoms. The number of amides is 1. The van der Waals surface area contributed by atoms with Crippen LogP contribution in [-0.4, -0.2) is 50.3 Å². The minimum absolute atomic E-state index is 0. The fraction of sp³-hybridized carbons (Fsp3) is 0.875. The zero-order valence-electron chi connectivity index (χ0n) is 14.9. The Kier molecular flexibility index (Phi) is 12.5. The van der Waals surface area contributed by atoms with Crippen molar-refractivity contribution in [3.63, 3.8) is 0 Å². The molecule has 7 heteroatoms. The maximum atomic E-state index is 11.2. The highest BCUT2D eigenvalue weighted by molar-refractivity contribution is 14.0. The smallest absolute Gasteiger partial charge is 0.220 e. The van der Waals surface area contributed by atoms with Gasteiger partial charge in [-0.3, -0.25) is 9.79 Å². The molecule has 23 heavy (non-hydrogen) atoms. The van der Waals surface area contributed by atoms with Gasteiger partial charge in [0, 0.05) is 38.7 Å². The van der Waals surface area contributed by atoms with E-state index in [1.807, 2.05) is 6.92 Å². The second kappa shape index (κ2) is 12.8. The predicted octanol–water partition coefficient (Wildman–Crippen LogP) is 1.89. The van der Waals surface area contributed by atoms with Crippen molar-refractivity contribution < 1.29 is 9.53 Å². The molecule has 0 aromatic rings. The Morgan fingerprint density at radius 2 is 2.17 bits per heavy atom. The van der Waals surface area contributed by atoms with Gasteiger partial charge in [-0.05, 0) is 32.6 Å². The van der Waals surface area contributed by atoms with Gasteiger partial charge in [-0.15, -0.1) is 24.0 Å². The van der Waals surface area contributed by atoms with E-state index >= 15 is 0 Å². The Labute approximate surface area is 157 Å². The molecule has 1 aliphatic heterocycles. The number of carbonyl (C=O) groups excluding carboxylic acids is 1. The van der Waals surface area contributed by atoms with Gasteiger partial charge in [0.2, 0.25) is 5.91 Å². The molecule has 1 rings (SSSR count). The molecule has 0 aliphatic carbocycles. The van der Waals surface area contributed by atoms with Gasteiger partial charge in [-0.1, -0.05) is 13.8 Å². The Hall–Kier alpha value is -0.570. The summed E-state index contributed by atoms with van der Waals surface area (Å²) in [7, 11) is 0. The molecule has 1 fully saturated rings. The number of hydrogen-bond acceptors (Lipinski definition) is 3. The zero-order chi connectivity index (χ0) is 16.4. The molecule has 1 aliphatic rings. The highest BCUT2D eigenvalue weighted by atomic mass is 127. The van der Waals surface area contributed by atoms with Crippen LogP contribution in [0.2, 0.25) is 0 Å². The summed E-state index contributed by atoms with van der Waals surface area (Å²) < 4.78 is 5.75. The van der Waals surface area contributed by atoms with E-state index in [2.05, 4.69) is 41.7 Å². The summed E-state index contributed by atoms with van der Waals surface area (Å²) in [6, 6.07) is 0.253. The van der Waals surface area contributed by atoms with Crippen molar-refractivity contribution in [3.8, 4) is 0 Å². The van der Waals surface area contributed by atoms with Crippen LogP contribution in [0.5, 0.6) is 0 Å². The van der Waals surface area contributed by atoms with Crippen molar-refractivity contribution in [1.29, 1.82) is 0 Å². The minimum atomic E-state index is 0. The van der Waals surface area contributed by atoms with Crippen LogP contribution >= 0.6 is 24.0 Å². The van der Waals surface area contributed by atoms with Crippen molar-refractivity contribution in [1.82, 2.24) is 16.0 Å². The Bertz CT molecular complexity index is 354. The van der Waals surface area contributed by atoms with Crippen LogP contribution in [0.4, 0.5) is 0 Å². The van der Waals surface area contributed by atoms with Crippen LogP contribution in [0.25, 0.3) is 0 Å². The number of halogens is 1. The van der Waals surface area contributed by atoms with Gasteiger partial charge in [0.25, 0.3) is 0 Å². The lowest BCUT2D eigenvalue weighted by Crippen LogP contribution is -2.51. The second-order valence-electron chi connectivity index (χ2n) is 5.97. The van der Waals surface area contributed by atoms with Crippen LogP contribution in [-0.2, 0) is 9.53 Å².